The predicted octanol–water partition coefficient (Wildman–Crippen LogP) is 4.04. The van der Waals surface area contributed by atoms with Crippen molar-refractivity contribution in [3.8, 4) is 0 Å². The molecule has 3 heteroatoms. The van der Waals surface area contributed by atoms with Gasteiger partial charge in [0.25, 0.3) is 0 Å². The van der Waals surface area contributed by atoms with Crippen molar-refractivity contribution in [2.24, 2.45) is 0 Å². The highest BCUT2D eigenvalue weighted by Crippen LogP contribution is 2.22. The van der Waals surface area contributed by atoms with Gasteiger partial charge in [0.05, 0.1) is 27.2 Å². The van der Waals surface area contributed by atoms with E-state index in [1.807, 2.05) is 13.0 Å². The molecule has 0 fully saturated rings. The minimum atomic E-state index is -0.241. The molecule has 0 saturated carbocycles. The Balaban J connectivity index is 4.93. The molecule has 0 radical (unpaired) electrons. The average Bonchev–Trinajstić information content (AvgIpc) is 2.44. The van der Waals surface area contributed by atoms with Crippen LogP contribution in [0.15, 0.2) is 48.6 Å². The molecule has 124 valence electrons. The second-order valence-corrected chi connectivity index (χ2v) is 6.33. The van der Waals surface area contributed by atoms with Gasteiger partial charge in [0, 0.05) is 12.0 Å². The van der Waals surface area contributed by atoms with E-state index in [0.29, 0.717) is 18.2 Å². The number of hydrogen-bond acceptors (Lipinski definition) is 2. The number of carbonyl (C=O) groups excluding carboxylic acids is 1. The van der Waals surface area contributed by atoms with Crippen molar-refractivity contribution in [3.63, 3.8) is 0 Å². The maximum Gasteiger partial charge on any atom is 0.333 e. The first-order chi connectivity index (χ1) is 10.2. The first kappa shape index (κ1) is 20.4. The molecule has 0 spiro atoms. The lowest BCUT2D eigenvalue weighted by Gasteiger charge is -2.38. The molecule has 1 atom stereocenters. The number of hydrogen-bond donors (Lipinski definition) is 0. The third kappa shape index (κ3) is 6.90. The van der Waals surface area contributed by atoms with E-state index in [9.17, 15) is 4.79 Å². The Morgan fingerprint density at radius 1 is 1.27 bits per heavy atom. The summed E-state index contributed by atoms with van der Waals surface area (Å²) in [5, 5.41) is 0. The SMILES string of the molecule is C=CC(=C)CCC(C(=C)C)[N+](C)(C)C/C=C(\C)C(=O)OCC. The van der Waals surface area contributed by atoms with Gasteiger partial charge in [-0.2, -0.15) is 0 Å². The normalized spacial score (nSPS) is 13.4. The van der Waals surface area contributed by atoms with Gasteiger partial charge in [0.15, 0.2) is 0 Å². The first-order valence-corrected chi connectivity index (χ1v) is 7.77. The third-order valence-electron chi connectivity index (χ3n) is 3.91. The van der Waals surface area contributed by atoms with Crippen molar-refractivity contribution in [3.05, 3.63) is 48.6 Å². The van der Waals surface area contributed by atoms with Crippen LogP contribution in [0.3, 0.4) is 0 Å². The number of carbonyl (C=O) groups is 1. The minimum Gasteiger partial charge on any atom is -0.463 e. The quantitative estimate of drug-likeness (QED) is 0.200. The van der Waals surface area contributed by atoms with Crippen LogP contribution in [-0.2, 0) is 9.53 Å². The van der Waals surface area contributed by atoms with Crippen LogP contribution in [0.5, 0.6) is 0 Å². The van der Waals surface area contributed by atoms with Crippen LogP contribution in [0.4, 0.5) is 0 Å². The maximum atomic E-state index is 11.7. The van der Waals surface area contributed by atoms with Gasteiger partial charge in [-0.05, 0) is 38.8 Å². The maximum absolute atomic E-state index is 11.7. The lowest BCUT2D eigenvalue weighted by Crippen LogP contribution is -2.49. The summed E-state index contributed by atoms with van der Waals surface area (Å²) in [6, 6.07) is 0.308. The van der Waals surface area contributed by atoms with E-state index < -0.39 is 0 Å². The Morgan fingerprint density at radius 2 is 1.86 bits per heavy atom. The van der Waals surface area contributed by atoms with Crippen molar-refractivity contribution in [1.82, 2.24) is 0 Å². The summed E-state index contributed by atoms with van der Waals surface area (Å²) in [7, 11) is 4.32. The molecule has 0 rings (SSSR count). The zero-order valence-corrected chi connectivity index (χ0v) is 14.9. The minimum absolute atomic E-state index is 0.241. The second kappa shape index (κ2) is 9.42. The second-order valence-electron chi connectivity index (χ2n) is 6.33. The molecule has 0 saturated heterocycles. The molecule has 0 aliphatic heterocycles. The number of rotatable bonds is 10. The largest absolute Gasteiger partial charge is 0.463 e. The molecule has 0 N–H and O–H groups in total. The first-order valence-electron chi connectivity index (χ1n) is 7.77. The van der Waals surface area contributed by atoms with Gasteiger partial charge in [0.1, 0.15) is 6.04 Å². The van der Waals surface area contributed by atoms with E-state index in [2.05, 4.69) is 40.8 Å². The molecule has 0 aliphatic carbocycles. The summed E-state index contributed by atoms with van der Waals surface area (Å²) in [5.74, 6) is -0.241. The van der Waals surface area contributed by atoms with Gasteiger partial charge in [-0.15, -0.1) is 0 Å². The van der Waals surface area contributed by atoms with Crippen LogP contribution in [0.25, 0.3) is 0 Å². The smallest absolute Gasteiger partial charge is 0.333 e. The van der Waals surface area contributed by atoms with Crippen molar-refractivity contribution in [1.29, 1.82) is 0 Å². The molecule has 3 nitrogen and oxygen atoms in total. The third-order valence-corrected chi connectivity index (χ3v) is 3.91. The van der Waals surface area contributed by atoms with Crippen molar-refractivity contribution in [2.45, 2.75) is 39.7 Å². The molecule has 0 aromatic carbocycles. The highest BCUT2D eigenvalue weighted by molar-refractivity contribution is 5.87. The number of ether oxygens (including phenoxy) is 1. The van der Waals surface area contributed by atoms with Crippen molar-refractivity contribution >= 4 is 5.97 Å². The summed E-state index contributed by atoms with van der Waals surface area (Å²) in [5.41, 5.74) is 2.84. The van der Waals surface area contributed by atoms with Crippen LogP contribution in [-0.4, -0.2) is 43.7 Å². The average molecular weight is 306 g/mol. The Kier molecular flexibility index (Phi) is 8.73. The molecular formula is C19H32NO2+. The Bertz CT molecular complexity index is 458. The van der Waals surface area contributed by atoms with E-state index in [4.69, 9.17) is 4.74 Å². The monoisotopic (exact) mass is 306 g/mol. The van der Waals surface area contributed by atoms with Gasteiger partial charge < -0.3 is 9.22 Å². The summed E-state index contributed by atoms with van der Waals surface area (Å²) in [6.07, 6.45) is 5.64. The summed E-state index contributed by atoms with van der Waals surface area (Å²) in [4.78, 5) is 11.7. The number of esters is 1. The molecule has 0 bridgehead atoms. The van der Waals surface area contributed by atoms with Gasteiger partial charge >= 0.3 is 5.97 Å². The van der Waals surface area contributed by atoms with E-state index in [-0.39, 0.29) is 5.97 Å². The molecule has 0 heterocycles. The Morgan fingerprint density at radius 3 is 2.32 bits per heavy atom. The topological polar surface area (TPSA) is 26.3 Å². The van der Waals surface area contributed by atoms with Crippen LogP contribution in [0.1, 0.15) is 33.6 Å². The summed E-state index contributed by atoms with van der Waals surface area (Å²) in [6.45, 7) is 18.7. The summed E-state index contributed by atoms with van der Waals surface area (Å²) < 4.78 is 5.76. The Labute approximate surface area is 136 Å². The number of quaternary nitrogens is 1. The van der Waals surface area contributed by atoms with Crippen LogP contribution in [0.2, 0.25) is 0 Å². The van der Waals surface area contributed by atoms with E-state index in [0.717, 1.165) is 35.0 Å². The van der Waals surface area contributed by atoms with Crippen LogP contribution < -0.4 is 0 Å². The fraction of sp³-hybridized carbons (Fsp3) is 0.526. The van der Waals surface area contributed by atoms with Crippen LogP contribution in [0, 0.1) is 0 Å². The fourth-order valence-corrected chi connectivity index (χ4v) is 2.44. The van der Waals surface area contributed by atoms with Crippen LogP contribution >= 0.6 is 0 Å². The number of likely N-dealkylation sites (N-methyl/N-ethyl adjacent to an activating group) is 1. The number of allylic oxidation sites excluding steroid dienone is 2. The molecule has 0 aromatic heterocycles. The van der Waals surface area contributed by atoms with Gasteiger partial charge in [-0.25, -0.2) is 4.79 Å². The molecule has 0 aromatic rings. The fourth-order valence-electron chi connectivity index (χ4n) is 2.44. The molecule has 0 aliphatic rings. The van der Waals surface area contributed by atoms with Gasteiger partial charge in [0.2, 0.25) is 0 Å². The molecule has 22 heavy (non-hydrogen) atoms. The highest BCUT2D eigenvalue weighted by atomic mass is 16.5. The lowest BCUT2D eigenvalue weighted by molar-refractivity contribution is -0.904. The molecular weight excluding hydrogens is 274 g/mol. The molecule has 0 amide bonds. The lowest BCUT2D eigenvalue weighted by atomic mass is 9.98. The molecule has 1 unspecified atom stereocenters. The highest BCUT2D eigenvalue weighted by Gasteiger charge is 2.28. The standard InChI is InChI=1S/C19H32NO2/c1-9-16(5)11-12-18(15(3)4)20(7,8)14-13-17(6)19(21)22-10-2/h9,13,18H,1,3,5,10-12,14H2,2,4,6-8H3/q+1/b17-13+. The van der Waals surface area contributed by atoms with Crippen molar-refractivity contribution in [2.75, 3.05) is 27.2 Å². The van der Waals surface area contributed by atoms with E-state index >= 15 is 0 Å². The Hall–Kier alpha value is -1.61. The van der Waals surface area contributed by atoms with E-state index in [1.165, 1.54) is 0 Å². The van der Waals surface area contributed by atoms with E-state index in [1.54, 1.807) is 13.0 Å². The van der Waals surface area contributed by atoms with Crippen molar-refractivity contribution < 1.29 is 14.0 Å². The summed E-state index contributed by atoms with van der Waals surface area (Å²) >= 11 is 0. The zero-order valence-electron chi connectivity index (χ0n) is 14.9. The van der Waals surface area contributed by atoms with Gasteiger partial charge in [-0.3, -0.25) is 0 Å². The zero-order chi connectivity index (χ0) is 17.3. The predicted molar refractivity (Wildman–Crippen MR) is 94.5 cm³/mol. The van der Waals surface area contributed by atoms with Gasteiger partial charge in [-0.1, -0.05) is 31.4 Å². The number of nitrogens with zero attached hydrogens (tertiary/aromatic N) is 1.